The summed E-state index contributed by atoms with van der Waals surface area (Å²) in [6, 6.07) is 19.0. The van der Waals surface area contributed by atoms with Gasteiger partial charge in [0.1, 0.15) is 11.3 Å². The van der Waals surface area contributed by atoms with Crippen LogP contribution in [0.1, 0.15) is 5.56 Å². The predicted octanol–water partition coefficient (Wildman–Crippen LogP) is 5.58. The van der Waals surface area contributed by atoms with Crippen molar-refractivity contribution in [3.63, 3.8) is 0 Å². The number of aryl methyl sites for hydroxylation is 1. The van der Waals surface area contributed by atoms with E-state index in [1.54, 1.807) is 6.07 Å². The van der Waals surface area contributed by atoms with Crippen LogP contribution in [-0.2, 0) is 0 Å². The SMILES string of the molecule is Cc1cc2oc(-c3cccc4ccccc34)cc(=O)c2cc1Cl. The Bertz CT molecular complexity index is 1100. The fraction of sp³-hybridized carbons (Fsp3) is 0.0500. The highest BCUT2D eigenvalue weighted by Gasteiger charge is 2.11. The van der Waals surface area contributed by atoms with E-state index in [1.165, 1.54) is 6.07 Å². The van der Waals surface area contributed by atoms with Gasteiger partial charge >= 0.3 is 0 Å². The summed E-state index contributed by atoms with van der Waals surface area (Å²) in [7, 11) is 0. The fourth-order valence-corrected chi connectivity index (χ4v) is 3.01. The Morgan fingerprint density at radius 1 is 0.913 bits per heavy atom. The van der Waals surface area contributed by atoms with Gasteiger partial charge in [0.2, 0.25) is 0 Å². The Kier molecular flexibility index (Phi) is 3.21. The first-order valence-electron chi connectivity index (χ1n) is 7.35. The third kappa shape index (κ3) is 2.32. The molecule has 0 fully saturated rings. The van der Waals surface area contributed by atoms with Crippen LogP contribution in [0.4, 0.5) is 0 Å². The van der Waals surface area contributed by atoms with Crippen molar-refractivity contribution in [3.8, 4) is 11.3 Å². The molecule has 23 heavy (non-hydrogen) atoms. The molecule has 0 aliphatic heterocycles. The van der Waals surface area contributed by atoms with E-state index in [4.69, 9.17) is 16.0 Å². The van der Waals surface area contributed by atoms with Crippen LogP contribution in [0, 0.1) is 6.92 Å². The quantitative estimate of drug-likeness (QED) is 0.458. The standard InChI is InChI=1S/C20H13ClO2/c1-12-9-19-16(10-17(12)21)18(22)11-20(23-19)15-8-4-6-13-5-2-3-7-14(13)15/h2-11H,1H3. The Morgan fingerprint density at radius 3 is 2.57 bits per heavy atom. The molecule has 2 nitrogen and oxygen atoms in total. The van der Waals surface area contributed by atoms with Crippen molar-refractivity contribution in [2.24, 2.45) is 0 Å². The molecule has 0 spiro atoms. The van der Waals surface area contributed by atoms with Crippen LogP contribution in [0.15, 0.2) is 69.9 Å². The number of hydrogen-bond acceptors (Lipinski definition) is 2. The number of rotatable bonds is 1. The highest BCUT2D eigenvalue weighted by Crippen LogP contribution is 2.30. The summed E-state index contributed by atoms with van der Waals surface area (Å²) in [4.78, 5) is 12.5. The van der Waals surface area contributed by atoms with Gasteiger partial charge in [0.15, 0.2) is 5.43 Å². The maximum Gasteiger partial charge on any atom is 0.193 e. The zero-order chi connectivity index (χ0) is 16.0. The average molecular weight is 321 g/mol. The van der Waals surface area contributed by atoms with E-state index in [9.17, 15) is 4.79 Å². The van der Waals surface area contributed by atoms with Crippen molar-refractivity contribution in [1.29, 1.82) is 0 Å². The summed E-state index contributed by atoms with van der Waals surface area (Å²) < 4.78 is 6.01. The zero-order valence-corrected chi connectivity index (χ0v) is 13.2. The minimum Gasteiger partial charge on any atom is -0.456 e. The van der Waals surface area contributed by atoms with Gasteiger partial charge < -0.3 is 4.42 Å². The predicted molar refractivity (Wildman–Crippen MR) is 95.2 cm³/mol. The van der Waals surface area contributed by atoms with Crippen LogP contribution in [0.5, 0.6) is 0 Å². The number of benzene rings is 3. The zero-order valence-electron chi connectivity index (χ0n) is 12.5. The number of halogens is 1. The van der Waals surface area contributed by atoms with Crippen molar-refractivity contribution in [1.82, 2.24) is 0 Å². The lowest BCUT2D eigenvalue weighted by Crippen LogP contribution is -2.01. The summed E-state index contributed by atoms with van der Waals surface area (Å²) in [5, 5.41) is 3.25. The molecule has 4 rings (SSSR count). The van der Waals surface area contributed by atoms with Crippen molar-refractivity contribution in [2.45, 2.75) is 6.92 Å². The Labute approximate surface area is 137 Å². The molecule has 0 aliphatic carbocycles. The van der Waals surface area contributed by atoms with Crippen LogP contribution < -0.4 is 5.43 Å². The van der Waals surface area contributed by atoms with Gasteiger partial charge in [-0.1, -0.05) is 54.1 Å². The second kappa shape index (κ2) is 5.25. The first-order chi connectivity index (χ1) is 11.1. The van der Waals surface area contributed by atoms with Crippen molar-refractivity contribution < 1.29 is 4.42 Å². The van der Waals surface area contributed by atoms with Gasteiger partial charge in [-0.2, -0.15) is 0 Å². The molecule has 0 aliphatic rings. The Hall–Kier alpha value is -2.58. The van der Waals surface area contributed by atoms with E-state index in [2.05, 4.69) is 0 Å². The van der Waals surface area contributed by atoms with E-state index in [-0.39, 0.29) is 5.43 Å². The molecule has 1 aromatic heterocycles. The van der Waals surface area contributed by atoms with E-state index in [0.717, 1.165) is 21.9 Å². The maximum atomic E-state index is 12.5. The molecule has 3 heteroatoms. The molecule has 0 bridgehead atoms. The first kappa shape index (κ1) is 14.0. The molecular weight excluding hydrogens is 308 g/mol. The molecule has 0 saturated heterocycles. The third-order valence-electron chi connectivity index (χ3n) is 4.06. The highest BCUT2D eigenvalue weighted by atomic mass is 35.5. The lowest BCUT2D eigenvalue weighted by molar-refractivity contribution is 0.619. The first-order valence-corrected chi connectivity index (χ1v) is 7.73. The smallest absolute Gasteiger partial charge is 0.193 e. The van der Waals surface area contributed by atoms with E-state index < -0.39 is 0 Å². The monoisotopic (exact) mass is 320 g/mol. The average Bonchev–Trinajstić information content (AvgIpc) is 2.56. The van der Waals surface area contributed by atoms with Gasteiger partial charge in [0, 0.05) is 16.7 Å². The molecule has 112 valence electrons. The lowest BCUT2D eigenvalue weighted by atomic mass is 10.0. The minimum absolute atomic E-state index is 0.0870. The summed E-state index contributed by atoms with van der Waals surface area (Å²) in [5.74, 6) is 0.570. The van der Waals surface area contributed by atoms with Crippen LogP contribution >= 0.6 is 11.6 Å². The second-order valence-corrected chi connectivity index (χ2v) is 6.01. The third-order valence-corrected chi connectivity index (χ3v) is 4.47. The van der Waals surface area contributed by atoms with Gasteiger partial charge in [0.05, 0.1) is 5.39 Å². The summed E-state index contributed by atoms with van der Waals surface area (Å²) in [6.45, 7) is 1.90. The largest absolute Gasteiger partial charge is 0.456 e. The summed E-state index contributed by atoms with van der Waals surface area (Å²) >= 11 is 6.11. The molecule has 0 saturated carbocycles. The topological polar surface area (TPSA) is 30.2 Å². The van der Waals surface area contributed by atoms with E-state index in [0.29, 0.717) is 21.8 Å². The van der Waals surface area contributed by atoms with E-state index >= 15 is 0 Å². The van der Waals surface area contributed by atoms with Crippen LogP contribution in [0.3, 0.4) is 0 Å². The minimum atomic E-state index is -0.0870. The summed E-state index contributed by atoms with van der Waals surface area (Å²) in [6.07, 6.45) is 0. The van der Waals surface area contributed by atoms with Crippen molar-refractivity contribution >= 4 is 33.3 Å². The fourth-order valence-electron chi connectivity index (χ4n) is 2.85. The lowest BCUT2D eigenvalue weighted by Gasteiger charge is -2.08. The molecule has 4 aromatic rings. The van der Waals surface area contributed by atoms with Gasteiger partial charge in [-0.15, -0.1) is 0 Å². The highest BCUT2D eigenvalue weighted by molar-refractivity contribution is 6.32. The van der Waals surface area contributed by atoms with Crippen molar-refractivity contribution in [2.75, 3.05) is 0 Å². The van der Waals surface area contributed by atoms with Gasteiger partial charge in [0.25, 0.3) is 0 Å². The molecule has 3 aromatic carbocycles. The Balaban J connectivity index is 2.06. The second-order valence-electron chi connectivity index (χ2n) is 5.60. The van der Waals surface area contributed by atoms with E-state index in [1.807, 2.05) is 55.5 Å². The maximum absolute atomic E-state index is 12.5. The van der Waals surface area contributed by atoms with Crippen molar-refractivity contribution in [3.05, 3.63) is 81.5 Å². The van der Waals surface area contributed by atoms with Gasteiger partial charge in [-0.3, -0.25) is 4.79 Å². The molecule has 0 N–H and O–H groups in total. The Morgan fingerprint density at radius 2 is 1.70 bits per heavy atom. The van der Waals surface area contributed by atoms with Crippen LogP contribution in [0.25, 0.3) is 33.1 Å². The molecule has 0 unspecified atom stereocenters. The molecule has 1 heterocycles. The van der Waals surface area contributed by atoms with Crippen LogP contribution in [-0.4, -0.2) is 0 Å². The normalized spacial score (nSPS) is 11.2. The number of fused-ring (bicyclic) bond motifs is 2. The molecule has 0 atom stereocenters. The van der Waals surface area contributed by atoms with Gasteiger partial charge in [-0.25, -0.2) is 0 Å². The summed E-state index contributed by atoms with van der Waals surface area (Å²) in [5.41, 5.74) is 2.27. The molecular formula is C20H13ClO2. The molecule has 0 radical (unpaired) electrons. The van der Waals surface area contributed by atoms with Crippen LogP contribution in [0.2, 0.25) is 5.02 Å². The number of hydrogen-bond donors (Lipinski definition) is 0. The van der Waals surface area contributed by atoms with Gasteiger partial charge in [-0.05, 0) is 35.4 Å². The molecule has 0 amide bonds.